The second-order valence-corrected chi connectivity index (χ2v) is 7.69. The van der Waals surface area contributed by atoms with Crippen LogP contribution < -0.4 is 0 Å². The summed E-state index contributed by atoms with van der Waals surface area (Å²) in [7, 11) is 0. The SMILES string of the molecule is C=CCn1c(SCC(=O)c2cn(CC)c3ccccc23)nnc1-c1ccccc1F. The van der Waals surface area contributed by atoms with Crippen LogP contribution in [0.2, 0.25) is 0 Å². The van der Waals surface area contributed by atoms with Gasteiger partial charge in [-0.05, 0) is 25.1 Å². The highest BCUT2D eigenvalue weighted by atomic mass is 32.2. The maximum Gasteiger partial charge on any atom is 0.192 e. The molecule has 2 aromatic carbocycles. The fourth-order valence-corrected chi connectivity index (χ4v) is 4.30. The molecule has 5 nitrogen and oxygen atoms in total. The Bertz CT molecular complexity index is 1230. The van der Waals surface area contributed by atoms with Gasteiger partial charge in [0.2, 0.25) is 0 Å². The monoisotopic (exact) mass is 420 g/mol. The summed E-state index contributed by atoms with van der Waals surface area (Å²) in [4.78, 5) is 13.0. The standard InChI is InChI=1S/C23H21FN4OS/c1-3-13-28-22(17-10-5-7-11-19(17)24)25-26-23(28)30-15-21(29)18-14-27(4-2)20-12-8-6-9-16(18)20/h3,5-12,14H,1,4,13,15H2,2H3. The van der Waals surface area contributed by atoms with Gasteiger partial charge in [-0.15, -0.1) is 16.8 Å². The van der Waals surface area contributed by atoms with E-state index in [0.29, 0.717) is 28.7 Å². The van der Waals surface area contributed by atoms with Gasteiger partial charge >= 0.3 is 0 Å². The minimum Gasteiger partial charge on any atom is -0.347 e. The molecule has 0 radical (unpaired) electrons. The molecule has 0 N–H and O–H groups in total. The van der Waals surface area contributed by atoms with Gasteiger partial charge in [-0.2, -0.15) is 0 Å². The zero-order chi connectivity index (χ0) is 21.1. The van der Waals surface area contributed by atoms with Crippen LogP contribution in [0.3, 0.4) is 0 Å². The number of thioether (sulfide) groups is 1. The Morgan fingerprint density at radius 3 is 2.70 bits per heavy atom. The predicted molar refractivity (Wildman–Crippen MR) is 118 cm³/mol. The van der Waals surface area contributed by atoms with E-state index in [1.54, 1.807) is 28.8 Å². The van der Waals surface area contributed by atoms with Gasteiger partial charge in [0.05, 0.1) is 11.3 Å². The zero-order valence-corrected chi connectivity index (χ0v) is 17.4. The number of carbonyl (C=O) groups excluding carboxylic acids is 1. The van der Waals surface area contributed by atoms with Crippen molar-refractivity contribution in [1.29, 1.82) is 0 Å². The lowest BCUT2D eigenvalue weighted by molar-refractivity contribution is 0.102. The number of fused-ring (bicyclic) bond motifs is 1. The Labute approximate surface area is 178 Å². The number of hydrogen-bond donors (Lipinski definition) is 0. The van der Waals surface area contributed by atoms with Crippen molar-refractivity contribution in [3.05, 3.63) is 78.8 Å². The normalized spacial score (nSPS) is 11.1. The van der Waals surface area contributed by atoms with Crippen molar-refractivity contribution >= 4 is 28.4 Å². The molecule has 0 atom stereocenters. The van der Waals surface area contributed by atoms with E-state index in [9.17, 15) is 9.18 Å². The van der Waals surface area contributed by atoms with Gasteiger partial charge in [0, 0.05) is 35.8 Å². The van der Waals surface area contributed by atoms with Crippen molar-refractivity contribution in [2.45, 2.75) is 25.2 Å². The maximum atomic E-state index is 14.3. The summed E-state index contributed by atoms with van der Waals surface area (Å²) in [6, 6.07) is 14.3. The van der Waals surface area contributed by atoms with Gasteiger partial charge in [0.15, 0.2) is 16.8 Å². The molecule has 7 heteroatoms. The first-order valence-electron chi connectivity index (χ1n) is 9.67. The van der Waals surface area contributed by atoms with Crippen LogP contribution in [0.1, 0.15) is 17.3 Å². The highest BCUT2D eigenvalue weighted by molar-refractivity contribution is 7.99. The Morgan fingerprint density at radius 2 is 1.93 bits per heavy atom. The van der Waals surface area contributed by atoms with Crippen molar-refractivity contribution in [2.75, 3.05) is 5.75 Å². The van der Waals surface area contributed by atoms with E-state index < -0.39 is 0 Å². The van der Waals surface area contributed by atoms with Crippen LogP contribution in [0.4, 0.5) is 4.39 Å². The zero-order valence-electron chi connectivity index (χ0n) is 16.6. The number of para-hydroxylation sites is 1. The Kier molecular flexibility index (Phi) is 5.81. The maximum absolute atomic E-state index is 14.3. The first-order valence-corrected chi connectivity index (χ1v) is 10.7. The summed E-state index contributed by atoms with van der Waals surface area (Å²) in [5.74, 6) is 0.286. The molecule has 0 aliphatic carbocycles. The highest BCUT2D eigenvalue weighted by Gasteiger charge is 2.19. The lowest BCUT2D eigenvalue weighted by Crippen LogP contribution is -2.05. The first-order chi connectivity index (χ1) is 14.6. The lowest BCUT2D eigenvalue weighted by Gasteiger charge is -2.08. The third kappa shape index (κ3) is 3.68. The molecule has 152 valence electrons. The van der Waals surface area contributed by atoms with E-state index in [4.69, 9.17) is 0 Å². The van der Waals surface area contributed by atoms with Crippen molar-refractivity contribution in [2.24, 2.45) is 0 Å². The van der Waals surface area contributed by atoms with Crippen LogP contribution in [0.15, 0.2) is 72.5 Å². The van der Waals surface area contributed by atoms with Gasteiger partial charge in [0.1, 0.15) is 5.82 Å². The van der Waals surface area contributed by atoms with Crippen molar-refractivity contribution in [3.8, 4) is 11.4 Å². The molecule has 0 bridgehead atoms. The van der Waals surface area contributed by atoms with Crippen LogP contribution in [0, 0.1) is 5.82 Å². The smallest absolute Gasteiger partial charge is 0.192 e. The number of hydrogen-bond acceptors (Lipinski definition) is 4. The number of Topliss-reactive ketones (excluding diaryl/α,β-unsaturated/α-hetero) is 1. The Balaban J connectivity index is 1.61. The molecule has 4 aromatic rings. The van der Waals surface area contributed by atoms with Gasteiger partial charge in [-0.3, -0.25) is 9.36 Å². The minimum atomic E-state index is -0.366. The number of halogens is 1. The molecule has 0 saturated carbocycles. The van der Waals surface area contributed by atoms with Crippen LogP contribution in [0.5, 0.6) is 0 Å². The summed E-state index contributed by atoms with van der Waals surface area (Å²) >= 11 is 1.30. The summed E-state index contributed by atoms with van der Waals surface area (Å²) in [6.07, 6.45) is 3.61. The number of aryl methyl sites for hydroxylation is 1. The average Bonchev–Trinajstić information content (AvgIpc) is 3.34. The molecule has 4 rings (SSSR count). The van der Waals surface area contributed by atoms with Crippen LogP contribution in [0.25, 0.3) is 22.3 Å². The molecule has 30 heavy (non-hydrogen) atoms. The number of aromatic nitrogens is 4. The molecule has 2 aromatic heterocycles. The second-order valence-electron chi connectivity index (χ2n) is 6.74. The van der Waals surface area contributed by atoms with Crippen molar-refractivity contribution in [3.63, 3.8) is 0 Å². The first kappa shape index (κ1) is 20.1. The highest BCUT2D eigenvalue weighted by Crippen LogP contribution is 2.28. The number of nitrogens with zero attached hydrogens (tertiary/aromatic N) is 4. The topological polar surface area (TPSA) is 52.7 Å². The molecule has 0 amide bonds. The molecule has 2 heterocycles. The van der Waals surface area contributed by atoms with E-state index in [1.807, 2.05) is 30.5 Å². The molecular weight excluding hydrogens is 399 g/mol. The van der Waals surface area contributed by atoms with Crippen molar-refractivity contribution in [1.82, 2.24) is 19.3 Å². The van der Waals surface area contributed by atoms with Gasteiger partial charge in [-0.25, -0.2) is 4.39 Å². The molecule has 0 aliphatic heterocycles. The second kappa shape index (κ2) is 8.67. The number of carbonyl (C=O) groups is 1. The third-order valence-electron chi connectivity index (χ3n) is 4.91. The van der Waals surface area contributed by atoms with E-state index in [-0.39, 0.29) is 17.4 Å². The van der Waals surface area contributed by atoms with Crippen molar-refractivity contribution < 1.29 is 9.18 Å². The Morgan fingerprint density at radius 1 is 1.17 bits per heavy atom. The van der Waals surface area contributed by atoms with E-state index in [0.717, 1.165) is 17.4 Å². The molecule has 0 saturated heterocycles. The van der Waals surface area contributed by atoms with E-state index in [2.05, 4.69) is 28.3 Å². The molecule has 0 aliphatic rings. The van der Waals surface area contributed by atoms with Crippen LogP contribution in [-0.4, -0.2) is 30.9 Å². The van der Waals surface area contributed by atoms with Gasteiger partial charge in [0.25, 0.3) is 0 Å². The minimum absolute atomic E-state index is 0.0176. The number of ketones is 1. The summed E-state index contributed by atoms with van der Waals surface area (Å²) in [5, 5.41) is 9.88. The van der Waals surface area contributed by atoms with Crippen LogP contribution >= 0.6 is 11.8 Å². The van der Waals surface area contributed by atoms with Crippen LogP contribution in [-0.2, 0) is 13.1 Å². The van der Waals surface area contributed by atoms with E-state index in [1.165, 1.54) is 17.8 Å². The average molecular weight is 421 g/mol. The molecule has 0 fully saturated rings. The van der Waals surface area contributed by atoms with Gasteiger partial charge in [-0.1, -0.05) is 48.2 Å². The number of benzene rings is 2. The molecular formula is C23H21FN4OS. The fraction of sp³-hybridized carbons (Fsp3) is 0.174. The fourth-order valence-electron chi connectivity index (χ4n) is 3.47. The lowest BCUT2D eigenvalue weighted by atomic mass is 10.1. The number of allylic oxidation sites excluding steroid dienone is 1. The largest absolute Gasteiger partial charge is 0.347 e. The Hall–Kier alpha value is -3.19. The number of rotatable bonds is 8. The van der Waals surface area contributed by atoms with Gasteiger partial charge < -0.3 is 4.57 Å². The summed E-state index contributed by atoms with van der Waals surface area (Å²) in [5.41, 5.74) is 2.12. The predicted octanol–water partition coefficient (Wildman–Crippen LogP) is 5.22. The molecule has 0 spiro atoms. The van der Waals surface area contributed by atoms with E-state index >= 15 is 0 Å². The quantitative estimate of drug-likeness (QED) is 0.223. The summed E-state index contributed by atoms with van der Waals surface area (Å²) in [6.45, 7) is 7.04. The molecule has 0 unspecified atom stereocenters. The third-order valence-corrected chi connectivity index (χ3v) is 5.87. The summed E-state index contributed by atoms with van der Waals surface area (Å²) < 4.78 is 18.1.